The van der Waals surface area contributed by atoms with E-state index in [9.17, 15) is 61.0 Å². The Morgan fingerprint density at radius 1 is 0.699 bits per heavy atom. The number of hydrogen-bond acceptors (Lipinski definition) is 21. The van der Waals surface area contributed by atoms with Gasteiger partial charge in [0.25, 0.3) is 0 Å². The smallest absolute Gasteiger partial charge is 0.318 e. The van der Waals surface area contributed by atoms with Crippen molar-refractivity contribution in [3.63, 3.8) is 0 Å². The van der Waals surface area contributed by atoms with Crippen molar-refractivity contribution in [2.75, 3.05) is 19.8 Å². The SMILES string of the molecule is CC(=O)C(C)CCC1(C(=O)OC2OC(COC3OCC(O)C(O)C3O)C(O)C(O)C2OC2OC(C)C(O)C(O)C2O)C=C2C=CC3C4(C)CCC(OC5OCC(O)C(O)C5O)C(C)(C)C4CCC3(C)C2(C)CC1. The van der Waals surface area contributed by atoms with Crippen LogP contribution in [0.3, 0.4) is 0 Å². The minimum atomic E-state index is -1.93. The summed E-state index contributed by atoms with van der Waals surface area (Å²) in [7, 11) is 0. The summed E-state index contributed by atoms with van der Waals surface area (Å²) >= 11 is 0. The summed E-state index contributed by atoms with van der Waals surface area (Å²) < 4.78 is 47.4. The number of rotatable bonds is 13. The number of allylic oxidation sites excluding steroid dienone is 3. The molecule has 8 aliphatic rings. The number of ketones is 1. The second kappa shape index (κ2) is 21.3. The number of Topliss-reactive ketones (excluding diaryl/α,β-unsaturated/α-hetero) is 1. The fraction of sp³-hybridized carbons (Fsp3) is 0.885. The van der Waals surface area contributed by atoms with E-state index >= 15 is 4.79 Å². The third-order valence-electron chi connectivity index (χ3n) is 19.4. The maximum absolute atomic E-state index is 15.3. The molecular weight excluding hydrogens is 961 g/mol. The molecule has 26 unspecified atom stereocenters. The van der Waals surface area contributed by atoms with Crippen LogP contribution < -0.4 is 0 Å². The number of fused-ring (bicyclic) bond motifs is 5. The van der Waals surface area contributed by atoms with Gasteiger partial charge in [0.15, 0.2) is 25.0 Å². The fourth-order valence-corrected chi connectivity index (χ4v) is 14.1. The van der Waals surface area contributed by atoms with Gasteiger partial charge < -0.3 is 94.1 Å². The van der Waals surface area contributed by atoms with Crippen LogP contribution in [0.1, 0.15) is 107 Å². The molecule has 21 nitrogen and oxygen atoms in total. The third-order valence-corrected chi connectivity index (χ3v) is 19.4. The molecule has 8 rings (SSSR count). The van der Waals surface area contributed by atoms with Gasteiger partial charge in [-0.05, 0) is 104 Å². The maximum atomic E-state index is 15.3. The molecule has 21 heteroatoms. The number of ether oxygens (including phenoxy) is 8. The Hall–Kier alpha value is -2.10. The van der Waals surface area contributed by atoms with E-state index in [1.165, 1.54) is 13.8 Å². The van der Waals surface area contributed by atoms with Gasteiger partial charge in [0, 0.05) is 5.92 Å². The van der Waals surface area contributed by atoms with Gasteiger partial charge in [0.05, 0.1) is 37.4 Å². The molecule has 4 heterocycles. The van der Waals surface area contributed by atoms with Gasteiger partial charge in [0.1, 0.15) is 79.0 Å². The van der Waals surface area contributed by atoms with Crippen LogP contribution in [-0.4, -0.2) is 204 Å². The second-order valence-electron chi connectivity index (χ2n) is 24.0. The molecule has 0 amide bonds. The van der Waals surface area contributed by atoms with Gasteiger partial charge in [-0.25, -0.2) is 0 Å². The fourth-order valence-electron chi connectivity index (χ4n) is 14.1. The molecule has 2 saturated carbocycles. The summed E-state index contributed by atoms with van der Waals surface area (Å²) in [5, 5.41) is 117. The van der Waals surface area contributed by atoms with Crippen LogP contribution >= 0.6 is 0 Å². The normalized spacial score (nSPS) is 51.2. The van der Waals surface area contributed by atoms with Crippen LogP contribution in [0.2, 0.25) is 0 Å². The van der Waals surface area contributed by atoms with Crippen LogP contribution in [0.4, 0.5) is 0 Å². The van der Waals surface area contributed by atoms with Crippen LogP contribution in [0.25, 0.3) is 0 Å². The van der Waals surface area contributed by atoms with Crippen LogP contribution in [0.5, 0.6) is 0 Å². The molecule has 6 fully saturated rings. The number of aliphatic hydroxyl groups is 11. The average Bonchev–Trinajstić information content (AvgIpc) is 3.34. The second-order valence-corrected chi connectivity index (χ2v) is 24.0. The minimum Gasteiger partial charge on any atom is -0.432 e. The third kappa shape index (κ3) is 10.1. The highest BCUT2D eigenvalue weighted by atomic mass is 16.8. The summed E-state index contributed by atoms with van der Waals surface area (Å²) in [4.78, 5) is 28.0. The van der Waals surface area contributed by atoms with Gasteiger partial charge in [0.2, 0.25) is 6.29 Å². The quantitative estimate of drug-likeness (QED) is 0.0827. The lowest BCUT2D eigenvalue weighted by molar-refractivity contribution is -0.364. The molecule has 0 bridgehead atoms. The zero-order valence-corrected chi connectivity index (χ0v) is 43.2. The summed E-state index contributed by atoms with van der Waals surface area (Å²) in [6, 6.07) is 0. The largest absolute Gasteiger partial charge is 0.432 e. The summed E-state index contributed by atoms with van der Waals surface area (Å²) in [6.07, 6.45) is -17.5. The van der Waals surface area contributed by atoms with E-state index in [0.29, 0.717) is 19.3 Å². The molecule has 11 N–H and O–H groups in total. The average molecular weight is 1040 g/mol. The molecular formula is C52H82O21. The number of carbonyl (C=O) groups is 2. The van der Waals surface area contributed by atoms with Crippen molar-refractivity contribution in [1.82, 2.24) is 0 Å². The lowest BCUT2D eigenvalue weighted by Crippen LogP contribution is -2.65. The molecule has 0 spiro atoms. The highest BCUT2D eigenvalue weighted by Gasteiger charge is 2.67. The predicted molar refractivity (Wildman–Crippen MR) is 252 cm³/mol. The van der Waals surface area contributed by atoms with Crippen molar-refractivity contribution in [3.05, 3.63) is 23.8 Å². The summed E-state index contributed by atoms with van der Waals surface area (Å²) in [5.41, 5.74) is -1.77. The van der Waals surface area contributed by atoms with Gasteiger partial charge in [-0.15, -0.1) is 0 Å². The zero-order chi connectivity index (χ0) is 53.5. The minimum absolute atomic E-state index is 0.0673. The van der Waals surface area contributed by atoms with Gasteiger partial charge >= 0.3 is 5.97 Å². The number of esters is 1. The maximum Gasteiger partial charge on any atom is 0.318 e. The first kappa shape index (κ1) is 57.1. The first-order chi connectivity index (χ1) is 34.1. The summed E-state index contributed by atoms with van der Waals surface area (Å²) in [5.74, 6) is -0.999. The standard InChI is InChI=1S/C52H82O21/c1-23(24(2)53)11-16-52(47(65)73-46-42(72-45-41(64)37(60)33(56)25(3)69-45)38(61)36(59)29(70-46)22-68-43-39(62)34(57)27(54)20-66-43)18-17-50(7)26(19-52)9-10-31-49(6)14-13-32(48(4,5)30(49)12-15-51(31,50)8)71-44-40(63)35(58)28(55)21-67-44/h9-10,19,23,25,27-46,54-64H,11-18,20-22H2,1-8H3. The van der Waals surface area contributed by atoms with E-state index in [-0.39, 0.29) is 66.0 Å². The van der Waals surface area contributed by atoms with Crippen molar-refractivity contribution in [1.29, 1.82) is 0 Å². The lowest BCUT2D eigenvalue weighted by Gasteiger charge is -2.69. The van der Waals surface area contributed by atoms with E-state index < -0.39 is 140 Å². The van der Waals surface area contributed by atoms with Crippen LogP contribution in [0.15, 0.2) is 23.8 Å². The van der Waals surface area contributed by atoms with Crippen molar-refractivity contribution >= 4 is 11.8 Å². The highest BCUT2D eigenvalue weighted by molar-refractivity contribution is 5.81. The number of hydrogen-bond donors (Lipinski definition) is 11. The summed E-state index contributed by atoms with van der Waals surface area (Å²) in [6.45, 7) is 14.9. The molecule has 4 aliphatic heterocycles. The molecule has 4 saturated heterocycles. The van der Waals surface area contributed by atoms with Gasteiger partial charge in [-0.3, -0.25) is 9.59 Å². The lowest BCUT2D eigenvalue weighted by atomic mass is 9.36. The molecule has 4 aliphatic carbocycles. The van der Waals surface area contributed by atoms with Crippen molar-refractivity contribution in [3.8, 4) is 0 Å². The number of aliphatic hydroxyl groups excluding tert-OH is 11. The van der Waals surface area contributed by atoms with E-state index in [4.69, 9.17) is 37.9 Å². The molecule has 0 aromatic carbocycles. The molecule has 416 valence electrons. The van der Waals surface area contributed by atoms with E-state index in [1.54, 1.807) is 6.92 Å². The first-order valence-corrected chi connectivity index (χ1v) is 26.2. The molecule has 26 atom stereocenters. The van der Waals surface area contributed by atoms with E-state index in [1.807, 2.05) is 6.08 Å². The van der Waals surface area contributed by atoms with Crippen molar-refractivity contribution in [2.24, 2.45) is 44.8 Å². The van der Waals surface area contributed by atoms with Crippen LogP contribution in [-0.2, 0) is 47.5 Å². The van der Waals surface area contributed by atoms with E-state index in [0.717, 1.165) is 24.8 Å². The Labute approximate surface area is 426 Å². The van der Waals surface area contributed by atoms with Gasteiger partial charge in [-0.2, -0.15) is 0 Å². The Kier molecular flexibility index (Phi) is 16.6. The Balaban J connectivity index is 1.08. The predicted octanol–water partition coefficient (Wildman–Crippen LogP) is -0.384. The molecule has 0 radical (unpaired) electrons. The first-order valence-electron chi connectivity index (χ1n) is 26.2. The Morgan fingerprint density at radius 3 is 1.99 bits per heavy atom. The molecule has 73 heavy (non-hydrogen) atoms. The van der Waals surface area contributed by atoms with Crippen LogP contribution in [0, 0.1) is 44.8 Å². The van der Waals surface area contributed by atoms with E-state index in [2.05, 4.69) is 46.8 Å². The molecule has 0 aromatic rings. The Morgan fingerprint density at radius 2 is 1.33 bits per heavy atom. The monoisotopic (exact) mass is 1040 g/mol. The van der Waals surface area contributed by atoms with Crippen molar-refractivity contribution in [2.45, 2.75) is 223 Å². The highest BCUT2D eigenvalue weighted by Crippen LogP contribution is 2.73. The molecule has 0 aromatic heterocycles. The Bertz CT molecular complexity index is 2040. The number of carbonyl (C=O) groups excluding carboxylic acids is 2. The topological polar surface area (TPSA) is 331 Å². The van der Waals surface area contributed by atoms with Gasteiger partial charge in [-0.1, -0.05) is 59.8 Å². The zero-order valence-electron chi connectivity index (χ0n) is 43.2. The van der Waals surface area contributed by atoms with Crippen molar-refractivity contribution < 1.29 is 104 Å².